The Labute approximate surface area is 171 Å². The monoisotopic (exact) mass is 388 g/mol. The molecule has 1 aromatic heterocycles. The number of carbonyl (C=O) groups excluding carboxylic acids is 1. The van der Waals surface area contributed by atoms with Crippen LogP contribution in [-0.4, -0.2) is 29.0 Å². The molecule has 1 aliphatic carbocycles. The minimum absolute atomic E-state index is 0.214. The molecule has 3 N–H and O–H groups in total. The predicted molar refractivity (Wildman–Crippen MR) is 115 cm³/mol. The molecule has 2 heterocycles. The summed E-state index contributed by atoms with van der Waals surface area (Å²) in [6.07, 6.45) is 3.33. The zero-order chi connectivity index (χ0) is 20.0. The highest BCUT2D eigenvalue weighted by Gasteiger charge is 2.57. The molecule has 29 heavy (non-hydrogen) atoms. The molecule has 0 radical (unpaired) electrons. The number of amides is 1. The van der Waals surface area contributed by atoms with Gasteiger partial charge < -0.3 is 15.6 Å². The summed E-state index contributed by atoms with van der Waals surface area (Å²) in [6.45, 7) is 6.91. The van der Waals surface area contributed by atoms with Crippen LogP contribution in [0, 0.1) is 25.2 Å². The molecule has 1 unspecified atom stereocenters. The molecule has 5 heteroatoms. The van der Waals surface area contributed by atoms with Crippen molar-refractivity contribution in [3.8, 4) is 11.4 Å². The molecule has 0 bridgehead atoms. The van der Waals surface area contributed by atoms with Crippen molar-refractivity contribution in [3.63, 3.8) is 0 Å². The van der Waals surface area contributed by atoms with Crippen LogP contribution < -0.4 is 10.6 Å². The van der Waals surface area contributed by atoms with Crippen molar-refractivity contribution in [2.75, 3.05) is 13.1 Å². The van der Waals surface area contributed by atoms with Crippen LogP contribution in [0.25, 0.3) is 22.4 Å². The lowest BCUT2D eigenvalue weighted by molar-refractivity contribution is -0.123. The molecule has 5 rings (SSSR count). The smallest absolute Gasteiger partial charge is 0.223 e. The number of benzene rings is 2. The van der Waals surface area contributed by atoms with E-state index in [4.69, 9.17) is 4.98 Å². The second-order valence-electron chi connectivity index (χ2n) is 8.82. The average molecular weight is 389 g/mol. The van der Waals surface area contributed by atoms with E-state index in [1.165, 1.54) is 11.1 Å². The van der Waals surface area contributed by atoms with Crippen LogP contribution in [0.15, 0.2) is 36.4 Å². The summed E-state index contributed by atoms with van der Waals surface area (Å²) in [4.78, 5) is 20.7. The molecule has 2 aliphatic rings. The van der Waals surface area contributed by atoms with Gasteiger partial charge in [0.15, 0.2) is 0 Å². The first-order chi connectivity index (χ1) is 14.0. The lowest BCUT2D eigenvalue weighted by Crippen LogP contribution is -2.33. The van der Waals surface area contributed by atoms with Gasteiger partial charge >= 0.3 is 0 Å². The molecule has 1 saturated carbocycles. The van der Waals surface area contributed by atoms with Crippen LogP contribution in [0.2, 0.25) is 0 Å². The predicted octanol–water partition coefficient (Wildman–Crippen LogP) is 3.85. The third-order valence-electron chi connectivity index (χ3n) is 6.90. The van der Waals surface area contributed by atoms with Gasteiger partial charge in [-0.15, -0.1) is 0 Å². The third kappa shape index (κ3) is 3.44. The SMILES string of the molecule is Cc1cc2nc(-c3ccc(CNC(=O)C4CC45CCNCC5)cc3)[nH]c2cc1C. The van der Waals surface area contributed by atoms with Gasteiger partial charge in [-0.1, -0.05) is 24.3 Å². The maximum Gasteiger partial charge on any atom is 0.223 e. The van der Waals surface area contributed by atoms with Crippen LogP contribution in [0.4, 0.5) is 0 Å². The molecule has 1 atom stereocenters. The van der Waals surface area contributed by atoms with Crippen molar-refractivity contribution in [2.45, 2.75) is 39.7 Å². The topological polar surface area (TPSA) is 69.8 Å². The molecule has 2 fully saturated rings. The zero-order valence-electron chi connectivity index (χ0n) is 17.1. The first kappa shape index (κ1) is 18.4. The number of H-pyrrole nitrogens is 1. The number of fused-ring (bicyclic) bond motifs is 1. The number of nitrogens with one attached hydrogen (secondary N) is 3. The van der Waals surface area contributed by atoms with Gasteiger partial charge in [-0.2, -0.15) is 0 Å². The maximum atomic E-state index is 12.5. The first-order valence-electron chi connectivity index (χ1n) is 10.6. The van der Waals surface area contributed by atoms with Gasteiger partial charge in [-0.05, 0) is 80.4 Å². The summed E-state index contributed by atoms with van der Waals surface area (Å²) in [5.41, 5.74) is 7.04. The fraction of sp³-hybridized carbons (Fsp3) is 0.417. The van der Waals surface area contributed by atoms with E-state index in [9.17, 15) is 4.79 Å². The zero-order valence-corrected chi connectivity index (χ0v) is 17.1. The minimum atomic E-state index is 0.214. The number of carbonyl (C=O) groups is 1. The molecule has 150 valence electrons. The fourth-order valence-corrected chi connectivity index (χ4v) is 4.69. The summed E-state index contributed by atoms with van der Waals surface area (Å²) >= 11 is 0. The Kier molecular flexibility index (Phi) is 4.43. The van der Waals surface area contributed by atoms with Crippen LogP contribution >= 0.6 is 0 Å². The normalized spacial score (nSPS) is 20.1. The van der Waals surface area contributed by atoms with Gasteiger partial charge in [0.25, 0.3) is 0 Å². The Morgan fingerprint density at radius 1 is 1.14 bits per heavy atom. The maximum absolute atomic E-state index is 12.5. The number of hydrogen-bond acceptors (Lipinski definition) is 3. The van der Waals surface area contributed by atoms with Gasteiger partial charge in [0.2, 0.25) is 5.91 Å². The Bertz CT molecular complexity index is 1020. The van der Waals surface area contributed by atoms with Crippen molar-refractivity contribution in [2.24, 2.45) is 11.3 Å². The standard InChI is InChI=1S/C24H28N4O/c1-15-11-20-21(12-16(15)2)28-22(27-20)18-5-3-17(4-6-18)14-26-23(29)19-13-24(19)7-9-25-10-8-24/h3-6,11-12,19,25H,7-10,13-14H2,1-2H3,(H,26,29)(H,27,28). The number of nitrogens with zero attached hydrogens (tertiary/aromatic N) is 1. The largest absolute Gasteiger partial charge is 0.352 e. The number of rotatable bonds is 4. The molecule has 1 saturated heterocycles. The van der Waals surface area contributed by atoms with E-state index >= 15 is 0 Å². The average Bonchev–Trinajstić information content (AvgIpc) is 3.26. The molecular weight excluding hydrogens is 360 g/mol. The molecular formula is C24H28N4O. The van der Waals surface area contributed by atoms with Gasteiger partial charge in [-0.3, -0.25) is 4.79 Å². The number of imidazole rings is 1. The molecule has 2 aromatic carbocycles. The van der Waals surface area contributed by atoms with Gasteiger partial charge in [-0.25, -0.2) is 4.98 Å². The van der Waals surface area contributed by atoms with Gasteiger partial charge in [0.05, 0.1) is 11.0 Å². The summed E-state index contributed by atoms with van der Waals surface area (Å²) in [5.74, 6) is 1.32. The Balaban J connectivity index is 1.23. The van der Waals surface area contributed by atoms with Crippen molar-refractivity contribution >= 4 is 16.9 Å². The van der Waals surface area contributed by atoms with E-state index in [1.54, 1.807) is 0 Å². The summed E-state index contributed by atoms with van der Waals surface area (Å²) in [6, 6.07) is 12.6. The van der Waals surface area contributed by atoms with Crippen molar-refractivity contribution in [3.05, 3.63) is 53.1 Å². The highest BCUT2D eigenvalue weighted by atomic mass is 16.2. The number of aryl methyl sites for hydroxylation is 2. The van der Waals surface area contributed by atoms with E-state index < -0.39 is 0 Å². The second-order valence-corrected chi connectivity index (χ2v) is 8.82. The van der Waals surface area contributed by atoms with Crippen molar-refractivity contribution < 1.29 is 4.79 Å². The van der Waals surface area contributed by atoms with Crippen LogP contribution in [0.3, 0.4) is 0 Å². The van der Waals surface area contributed by atoms with Crippen LogP contribution in [-0.2, 0) is 11.3 Å². The van der Waals surface area contributed by atoms with E-state index in [2.05, 4.69) is 65.9 Å². The van der Waals surface area contributed by atoms with Crippen molar-refractivity contribution in [1.82, 2.24) is 20.6 Å². The second kappa shape index (κ2) is 6.99. The Hall–Kier alpha value is -2.66. The molecule has 1 amide bonds. The highest BCUT2D eigenvalue weighted by molar-refractivity contribution is 5.83. The van der Waals surface area contributed by atoms with Gasteiger partial charge in [0.1, 0.15) is 5.82 Å². The fourth-order valence-electron chi connectivity index (χ4n) is 4.69. The summed E-state index contributed by atoms with van der Waals surface area (Å²) in [5, 5.41) is 6.53. The van der Waals surface area contributed by atoms with Gasteiger partial charge in [0, 0.05) is 18.0 Å². The number of aromatic amines is 1. The van der Waals surface area contributed by atoms with E-state index in [-0.39, 0.29) is 17.2 Å². The number of hydrogen-bond donors (Lipinski definition) is 3. The number of piperidine rings is 1. The highest BCUT2D eigenvalue weighted by Crippen LogP contribution is 2.58. The first-order valence-corrected chi connectivity index (χ1v) is 10.6. The van der Waals surface area contributed by atoms with Crippen LogP contribution in [0.5, 0.6) is 0 Å². The quantitative estimate of drug-likeness (QED) is 0.636. The molecule has 5 nitrogen and oxygen atoms in total. The molecule has 1 aliphatic heterocycles. The lowest BCUT2D eigenvalue weighted by atomic mass is 9.92. The van der Waals surface area contributed by atoms with E-state index in [1.807, 2.05) is 0 Å². The van der Waals surface area contributed by atoms with E-state index in [0.29, 0.717) is 6.54 Å². The minimum Gasteiger partial charge on any atom is -0.352 e. The third-order valence-corrected chi connectivity index (χ3v) is 6.90. The van der Waals surface area contributed by atoms with E-state index in [0.717, 1.165) is 60.3 Å². The summed E-state index contributed by atoms with van der Waals surface area (Å²) < 4.78 is 0. The number of aromatic nitrogens is 2. The van der Waals surface area contributed by atoms with Crippen LogP contribution in [0.1, 0.15) is 36.0 Å². The van der Waals surface area contributed by atoms with Crippen molar-refractivity contribution in [1.29, 1.82) is 0 Å². The Morgan fingerprint density at radius 2 is 1.86 bits per heavy atom. The molecule has 3 aromatic rings. The summed E-state index contributed by atoms with van der Waals surface area (Å²) in [7, 11) is 0. The lowest BCUT2D eigenvalue weighted by Gasteiger charge is -2.23. The molecule has 1 spiro atoms. The Morgan fingerprint density at radius 3 is 2.62 bits per heavy atom.